The number of hydrogen-bond donors (Lipinski definition) is 2. The van der Waals surface area contributed by atoms with E-state index in [1.54, 1.807) is 11.6 Å². The third-order valence-electron chi connectivity index (χ3n) is 2.74. The summed E-state index contributed by atoms with van der Waals surface area (Å²) in [4.78, 5) is 30.0. The van der Waals surface area contributed by atoms with Crippen LogP contribution in [-0.4, -0.2) is 19.1 Å². The van der Waals surface area contributed by atoms with E-state index in [4.69, 9.17) is 5.73 Å². The van der Waals surface area contributed by atoms with Crippen molar-refractivity contribution in [1.29, 1.82) is 0 Å². The quantitative estimate of drug-likeness (QED) is 0.736. The molecule has 2 heterocycles. The van der Waals surface area contributed by atoms with Gasteiger partial charge in [-0.1, -0.05) is 6.92 Å². The molecule has 0 spiro atoms. The first kappa shape index (κ1) is 11.6. The van der Waals surface area contributed by atoms with Gasteiger partial charge in [-0.2, -0.15) is 0 Å². The molecule has 0 atom stereocenters. The van der Waals surface area contributed by atoms with Crippen molar-refractivity contribution in [3.05, 3.63) is 26.7 Å². The molecular formula is C10H15N5O2. The lowest BCUT2D eigenvalue weighted by Crippen LogP contribution is -2.30. The summed E-state index contributed by atoms with van der Waals surface area (Å²) < 4.78 is 3.09. The number of hydrogen-bond acceptors (Lipinski definition) is 4. The van der Waals surface area contributed by atoms with Crippen molar-refractivity contribution in [3.63, 3.8) is 0 Å². The van der Waals surface area contributed by atoms with E-state index >= 15 is 0 Å². The molecule has 0 saturated carbocycles. The second kappa shape index (κ2) is 4.17. The van der Waals surface area contributed by atoms with E-state index in [0.717, 1.165) is 6.42 Å². The van der Waals surface area contributed by atoms with Crippen LogP contribution in [0.2, 0.25) is 0 Å². The van der Waals surface area contributed by atoms with Gasteiger partial charge in [0.1, 0.15) is 5.82 Å². The molecule has 0 unspecified atom stereocenters. The van der Waals surface area contributed by atoms with Crippen molar-refractivity contribution in [3.8, 4) is 0 Å². The van der Waals surface area contributed by atoms with Crippen LogP contribution in [0, 0.1) is 0 Å². The molecule has 0 aliphatic heterocycles. The molecule has 17 heavy (non-hydrogen) atoms. The van der Waals surface area contributed by atoms with Crippen molar-refractivity contribution < 1.29 is 0 Å². The topological polar surface area (TPSA) is 98.7 Å². The number of imidazole rings is 1. The highest BCUT2D eigenvalue weighted by molar-refractivity contribution is 5.70. The Morgan fingerprint density at radius 1 is 1.41 bits per heavy atom. The van der Waals surface area contributed by atoms with E-state index < -0.39 is 11.2 Å². The molecule has 0 bridgehead atoms. The van der Waals surface area contributed by atoms with Gasteiger partial charge in [-0.05, 0) is 6.42 Å². The van der Waals surface area contributed by atoms with E-state index in [-0.39, 0.29) is 6.54 Å². The fraction of sp³-hybridized carbons (Fsp3) is 0.500. The van der Waals surface area contributed by atoms with Gasteiger partial charge in [0, 0.05) is 13.6 Å². The Morgan fingerprint density at radius 2 is 2.12 bits per heavy atom. The Hall–Kier alpha value is -1.89. The molecule has 7 nitrogen and oxygen atoms in total. The van der Waals surface area contributed by atoms with Crippen LogP contribution in [0.3, 0.4) is 0 Å². The molecule has 2 rings (SSSR count). The predicted octanol–water partition coefficient (Wildman–Crippen LogP) is -0.708. The van der Waals surface area contributed by atoms with Crippen molar-refractivity contribution >= 4 is 11.2 Å². The fourth-order valence-corrected chi connectivity index (χ4v) is 1.90. The van der Waals surface area contributed by atoms with Gasteiger partial charge in [0.05, 0.1) is 6.54 Å². The van der Waals surface area contributed by atoms with Gasteiger partial charge in [-0.3, -0.25) is 14.3 Å². The monoisotopic (exact) mass is 237 g/mol. The van der Waals surface area contributed by atoms with Crippen molar-refractivity contribution in [1.82, 2.24) is 19.1 Å². The molecular weight excluding hydrogens is 222 g/mol. The Balaban J connectivity index is 2.92. The number of aryl methyl sites for hydroxylation is 2. The number of H-pyrrole nitrogens is 1. The van der Waals surface area contributed by atoms with Crippen LogP contribution in [0.25, 0.3) is 11.2 Å². The average molecular weight is 237 g/mol. The van der Waals surface area contributed by atoms with Gasteiger partial charge in [-0.25, -0.2) is 9.78 Å². The normalized spacial score (nSPS) is 11.2. The first-order valence-electron chi connectivity index (χ1n) is 5.48. The highest BCUT2D eigenvalue weighted by Crippen LogP contribution is 2.08. The number of nitrogens with zero attached hydrogens (tertiary/aromatic N) is 3. The summed E-state index contributed by atoms with van der Waals surface area (Å²) in [7, 11) is 1.72. The van der Waals surface area contributed by atoms with E-state index in [0.29, 0.717) is 23.5 Å². The molecule has 2 aromatic heterocycles. The van der Waals surface area contributed by atoms with E-state index in [2.05, 4.69) is 9.97 Å². The van der Waals surface area contributed by atoms with Crippen LogP contribution in [0.1, 0.15) is 19.2 Å². The van der Waals surface area contributed by atoms with Gasteiger partial charge in [0.25, 0.3) is 5.56 Å². The minimum absolute atomic E-state index is 0.227. The highest BCUT2D eigenvalue weighted by atomic mass is 16.2. The molecule has 2 aromatic rings. The molecule has 0 aliphatic carbocycles. The molecule has 0 fully saturated rings. The number of fused-ring (bicyclic) bond motifs is 1. The summed E-state index contributed by atoms with van der Waals surface area (Å²) in [6.45, 7) is 2.70. The highest BCUT2D eigenvalue weighted by Gasteiger charge is 2.14. The van der Waals surface area contributed by atoms with Gasteiger partial charge in [0.2, 0.25) is 0 Å². The van der Waals surface area contributed by atoms with Crippen molar-refractivity contribution in [2.45, 2.75) is 26.4 Å². The zero-order chi connectivity index (χ0) is 12.6. The summed E-state index contributed by atoms with van der Waals surface area (Å²) >= 11 is 0. The smallest absolute Gasteiger partial charge is 0.324 e. The summed E-state index contributed by atoms with van der Waals surface area (Å²) in [5.41, 5.74) is 5.49. The molecule has 3 N–H and O–H groups in total. The number of rotatable bonds is 3. The average Bonchev–Trinajstić information content (AvgIpc) is 2.62. The largest absolute Gasteiger partial charge is 0.330 e. The zero-order valence-corrected chi connectivity index (χ0v) is 9.86. The summed E-state index contributed by atoms with van der Waals surface area (Å²) in [5, 5.41) is 0. The molecule has 0 amide bonds. The number of nitrogens with two attached hydrogens (primary N) is 1. The van der Waals surface area contributed by atoms with E-state index in [1.165, 1.54) is 4.57 Å². The Kier molecular flexibility index (Phi) is 2.84. The van der Waals surface area contributed by atoms with Crippen LogP contribution < -0.4 is 17.0 Å². The Labute approximate surface area is 96.9 Å². The minimum atomic E-state index is -0.425. The van der Waals surface area contributed by atoms with Crippen molar-refractivity contribution in [2.24, 2.45) is 12.8 Å². The number of aromatic nitrogens is 4. The van der Waals surface area contributed by atoms with Crippen LogP contribution in [0.5, 0.6) is 0 Å². The third kappa shape index (κ3) is 1.68. The van der Waals surface area contributed by atoms with E-state index in [1.807, 2.05) is 6.92 Å². The summed E-state index contributed by atoms with van der Waals surface area (Å²) in [6.07, 6.45) is 0.787. The molecule has 7 heteroatoms. The maximum absolute atomic E-state index is 11.7. The van der Waals surface area contributed by atoms with Gasteiger partial charge in [0.15, 0.2) is 11.2 Å². The maximum atomic E-state index is 11.7. The van der Waals surface area contributed by atoms with Gasteiger partial charge in [-0.15, -0.1) is 0 Å². The Bertz CT molecular complexity index is 664. The molecule has 0 saturated heterocycles. The SMILES string of the molecule is CCCn1c(=O)[nH]c(=O)c2c1nc(CN)n2C. The first-order valence-corrected chi connectivity index (χ1v) is 5.48. The standard InChI is InChI=1S/C10H15N5O2/c1-3-4-15-8-7(9(16)13-10(15)17)14(2)6(5-11)12-8/h3-5,11H2,1-2H3,(H,13,16,17). The summed E-state index contributed by atoms with van der Waals surface area (Å²) in [6, 6.07) is 0. The van der Waals surface area contributed by atoms with Crippen LogP contribution in [0.15, 0.2) is 9.59 Å². The minimum Gasteiger partial charge on any atom is -0.324 e. The van der Waals surface area contributed by atoms with Gasteiger partial charge < -0.3 is 10.3 Å². The molecule has 0 radical (unpaired) electrons. The lowest BCUT2D eigenvalue weighted by molar-refractivity contribution is 0.652. The second-order valence-corrected chi connectivity index (χ2v) is 3.87. The maximum Gasteiger partial charge on any atom is 0.330 e. The molecule has 0 aliphatic rings. The lowest BCUT2D eigenvalue weighted by atomic mass is 10.4. The third-order valence-corrected chi connectivity index (χ3v) is 2.74. The number of aromatic amines is 1. The van der Waals surface area contributed by atoms with E-state index in [9.17, 15) is 9.59 Å². The zero-order valence-electron chi connectivity index (χ0n) is 9.86. The van der Waals surface area contributed by atoms with Crippen molar-refractivity contribution in [2.75, 3.05) is 0 Å². The van der Waals surface area contributed by atoms with Crippen LogP contribution >= 0.6 is 0 Å². The molecule has 92 valence electrons. The number of nitrogens with one attached hydrogen (secondary N) is 1. The van der Waals surface area contributed by atoms with Crippen LogP contribution in [0.4, 0.5) is 0 Å². The molecule has 0 aromatic carbocycles. The lowest BCUT2D eigenvalue weighted by Gasteiger charge is -2.03. The summed E-state index contributed by atoms with van der Waals surface area (Å²) in [5.74, 6) is 0.584. The second-order valence-electron chi connectivity index (χ2n) is 3.87. The van der Waals surface area contributed by atoms with Gasteiger partial charge >= 0.3 is 5.69 Å². The Morgan fingerprint density at radius 3 is 2.71 bits per heavy atom. The first-order chi connectivity index (χ1) is 8.10. The predicted molar refractivity (Wildman–Crippen MR) is 63.8 cm³/mol. The fourth-order valence-electron chi connectivity index (χ4n) is 1.90. The van der Waals surface area contributed by atoms with Crippen LogP contribution in [-0.2, 0) is 20.1 Å².